The molecular formula is C25H31N3O3. The number of ether oxygens (including phenoxy) is 2. The molecule has 1 atom stereocenters. The van der Waals surface area contributed by atoms with Crippen molar-refractivity contribution in [2.75, 3.05) is 26.7 Å². The van der Waals surface area contributed by atoms with Crippen LogP contribution in [0.25, 0.3) is 10.9 Å². The first-order chi connectivity index (χ1) is 15.2. The van der Waals surface area contributed by atoms with Crippen molar-refractivity contribution in [1.82, 2.24) is 15.2 Å². The molecular weight excluding hydrogens is 390 g/mol. The Balaban J connectivity index is 1.20. The molecule has 0 aliphatic carbocycles. The summed E-state index contributed by atoms with van der Waals surface area (Å²) >= 11 is 0. The lowest BCUT2D eigenvalue weighted by atomic mass is 10.0. The number of hydrogen-bond donors (Lipinski definition) is 2. The van der Waals surface area contributed by atoms with Crippen molar-refractivity contribution in [2.45, 2.75) is 38.3 Å². The molecule has 1 aromatic heterocycles. The average molecular weight is 422 g/mol. The Bertz CT molecular complexity index is 986. The smallest absolute Gasteiger partial charge is 0.407 e. The first-order valence-corrected chi connectivity index (χ1v) is 11.1. The number of rotatable bonds is 9. The third kappa shape index (κ3) is 5.79. The van der Waals surface area contributed by atoms with Gasteiger partial charge in [-0.15, -0.1) is 0 Å². The second kappa shape index (κ2) is 10.4. The molecule has 3 aromatic rings. The van der Waals surface area contributed by atoms with Gasteiger partial charge in [0.1, 0.15) is 12.4 Å². The highest BCUT2D eigenvalue weighted by atomic mass is 16.5. The molecule has 1 aliphatic heterocycles. The Morgan fingerprint density at radius 1 is 1.23 bits per heavy atom. The van der Waals surface area contributed by atoms with Crippen LogP contribution in [0.3, 0.4) is 0 Å². The molecule has 4 rings (SSSR count). The van der Waals surface area contributed by atoms with Gasteiger partial charge in [-0.1, -0.05) is 30.3 Å². The Hall–Kier alpha value is -2.99. The van der Waals surface area contributed by atoms with E-state index in [1.54, 1.807) is 0 Å². The number of aromatic nitrogens is 1. The van der Waals surface area contributed by atoms with Gasteiger partial charge in [0.15, 0.2) is 0 Å². The molecule has 31 heavy (non-hydrogen) atoms. The van der Waals surface area contributed by atoms with Crippen molar-refractivity contribution in [3.63, 3.8) is 0 Å². The van der Waals surface area contributed by atoms with Crippen molar-refractivity contribution in [3.05, 3.63) is 65.9 Å². The quantitative estimate of drug-likeness (QED) is 0.499. The Morgan fingerprint density at radius 2 is 2.10 bits per heavy atom. The Morgan fingerprint density at radius 3 is 2.90 bits per heavy atom. The lowest BCUT2D eigenvalue weighted by Gasteiger charge is -2.18. The number of hydrogen-bond acceptors (Lipinski definition) is 4. The summed E-state index contributed by atoms with van der Waals surface area (Å²) in [6.45, 7) is 2.52. The van der Waals surface area contributed by atoms with E-state index in [9.17, 15) is 4.79 Å². The van der Waals surface area contributed by atoms with E-state index in [1.807, 2.05) is 36.4 Å². The summed E-state index contributed by atoms with van der Waals surface area (Å²) < 4.78 is 11.1. The number of fused-ring (bicyclic) bond motifs is 1. The topological polar surface area (TPSA) is 66.6 Å². The van der Waals surface area contributed by atoms with Gasteiger partial charge in [-0.3, -0.25) is 0 Å². The predicted octanol–water partition coefficient (Wildman–Crippen LogP) is 4.50. The summed E-state index contributed by atoms with van der Waals surface area (Å²) in [7, 11) is 2.21. The van der Waals surface area contributed by atoms with Crippen molar-refractivity contribution in [2.24, 2.45) is 0 Å². The minimum Gasteiger partial charge on any atom is -0.494 e. The van der Waals surface area contributed by atoms with E-state index < -0.39 is 6.09 Å². The van der Waals surface area contributed by atoms with Gasteiger partial charge in [0, 0.05) is 29.7 Å². The molecule has 0 spiro atoms. The highest BCUT2D eigenvalue weighted by molar-refractivity contribution is 5.84. The van der Waals surface area contributed by atoms with E-state index >= 15 is 0 Å². The SMILES string of the molecule is CN1CCC[C@H]1Cc1c[nH]c2ccc(OCCCNC(=O)OCc3ccccc3)cc12. The Kier molecular flexibility index (Phi) is 7.10. The van der Waals surface area contributed by atoms with Gasteiger partial charge >= 0.3 is 6.09 Å². The van der Waals surface area contributed by atoms with Crippen LogP contribution in [0.15, 0.2) is 54.7 Å². The second-order valence-corrected chi connectivity index (χ2v) is 8.19. The average Bonchev–Trinajstić information content (AvgIpc) is 3.39. The zero-order valence-corrected chi connectivity index (χ0v) is 18.1. The van der Waals surface area contributed by atoms with Gasteiger partial charge in [0.25, 0.3) is 0 Å². The maximum Gasteiger partial charge on any atom is 0.407 e. The van der Waals surface area contributed by atoms with E-state index in [0.717, 1.165) is 23.3 Å². The van der Waals surface area contributed by atoms with E-state index in [0.29, 0.717) is 25.6 Å². The molecule has 1 saturated heterocycles. The van der Waals surface area contributed by atoms with Crippen LogP contribution >= 0.6 is 0 Å². The fourth-order valence-electron chi connectivity index (χ4n) is 4.13. The van der Waals surface area contributed by atoms with Crippen molar-refractivity contribution < 1.29 is 14.3 Å². The highest BCUT2D eigenvalue weighted by Gasteiger charge is 2.22. The third-order valence-corrected chi connectivity index (χ3v) is 5.94. The van der Waals surface area contributed by atoms with Gasteiger partial charge in [-0.2, -0.15) is 0 Å². The van der Waals surface area contributed by atoms with Crippen LogP contribution in [-0.4, -0.2) is 48.8 Å². The standard InChI is InChI=1S/C25H31N3O3/c1-28-13-5-9-21(28)15-20-17-27-24-11-10-22(16-23(20)24)30-14-6-12-26-25(29)31-18-19-7-3-2-4-8-19/h2-4,7-8,10-11,16-17,21,27H,5-6,9,12-15,18H2,1H3,(H,26,29)/t21-/m0/s1. The van der Waals surface area contributed by atoms with Crippen molar-refractivity contribution in [1.29, 1.82) is 0 Å². The first kappa shape index (κ1) is 21.2. The van der Waals surface area contributed by atoms with Crippen molar-refractivity contribution >= 4 is 17.0 Å². The molecule has 6 heteroatoms. The fraction of sp³-hybridized carbons (Fsp3) is 0.400. The van der Waals surface area contributed by atoms with Crippen LogP contribution < -0.4 is 10.1 Å². The summed E-state index contributed by atoms with van der Waals surface area (Å²) in [6, 6.07) is 16.5. The van der Waals surface area contributed by atoms with Crippen LogP contribution in [0.2, 0.25) is 0 Å². The maximum atomic E-state index is 11.8. The highest BCUT2D eigenvalue weighted by Crippen LogP contribution is 2.27. The molecule has 0 bridgehead atoms. The van der Waals surface area contributed by atoms with Crippen LogP contribution in [0.5, 0.6) is 5.75 Å². The zero-order chi connectivity index (χ0) is 21.5. The van der Waals surface area contributed by atoms with Gasteiger partial charge in [0.05, 0.1) is 6.61 Å². The Labute approximate surface area is 183 Å². The molecule has 0 unspecified atom stereocenters. The second-order valence-electron chi connectivity index (χ2n) is 8.19. The van der Waals surface area contributed by atoms with Crippen molar-refractivity contribution in [3.8, 4) is 5.75 Å². The number of carbonyl (C=O) groups excluding carboxylic acids is 1. The minimum absolute atomic E-state index is 0.277. The monoisotopic (exact) mass is 421 g/mol. The number of benzene rings is 2. The number of alkyl carbamates (subject to hydrolysis) is 1. The van der Waals surface area contributed by atoms with E-state index in [4.69, 9.17) is 9.47 Å². The molecule has 1 amide bonds. The zero-order valence-electron chi connectivity index (χ0n) is 18.1. The van der Waals surface area contributed by atoms with Gasteiger partial charge in [0.2, 0.25) is 0 Å². The summed E-state index contributed by atoms with van der Waals surface area (Å²) in [6.07, 6.45) is 6.05. The summed E-state index contributed by atoms with van der Waals surface area (Å²) in [5.74, 6) is 0.861. The van der Waals surface area contributed by atoms with Gasteiger partial charge in [-0.25, -0.2) is 4.79 Å². The number of aromatic amines is 1. The summed E-state index contributed by atoms with van der Waals surface area (Å²) in [4.78, 5) is 17.6. The molecule has 6 nitrogen and oxygen atoms in total. The maximum absolute atomic E-state index is 11.8. The predicted molar refractivity (Wildman–Crippen MR) is 122 cm³/mol. The normalized spacial score (nSPS) is 16.5. The molecule has 0 saturated carbocycles. The minimum atomic E-state index is -0.404. The summed E-state index contributed by atoms with van der Waals surface area (Å²) in [5, 5.41) is 4.00. The number of likely N-dealkylation sites (N-methyl/N-ethyl adjacent to an activating group) is 1. The first-order valence-electron chi connectivity index (χ1n) is 11.1. The number of amides is 1. The van der Waals surface area contributed by atoms with E-state index in [2.05, 4.69) is 40.6 Å². The lowest BCUT2D eigenvalue weighted by Crippen LogP contribution is -2.26. The summed E-state index contributed by atoms with van der Waals surface area (Å²) in [5.41, 5.74) is 3.47. The van der Waals surface area contributed by atoms with Crippen LogP contribution in [0, 0.1) is 0 Å². The number of nitrogens with zero attached hydrogens (tertiary/aromatic N) is 1. The number of likely N-dealkylation sites (tertiary alicyclic amines) is 1. The van der Waals surface area contributed by atoms with Crippen LogP contribution in [-0.2, 0) is 17.8 Å². The third-order valence-electron chi connectivity index (χ3n) is 5.94. The van der Waals surface area contributed by atoms with Crippen LogP contribution in [0.4, 0.5) is 4.79 Å². The van der Waals surface area contributed by atoms with E-state index in [-0.39, 0.29) is 6.61 Å². The number of H-pyrrole nitrogens is 1. The largest absolute Gasteiger partial charge is 0.494 e. The van der Waals surface area contributed by atoms with Crippen LogP contribution in [0.1, 0.15) is 30.4 Å². The molecule has 1 aliphatic rings. The van der Waals surface area contributed by atoms with E-state index in [1.165, 1.54) is 30.3 Å². The molecule has 0 radical (unpaired) electrons. The number of nitrogens with one attached hydrogen (secondary N) is 2. The molecule has 2 aromatic carbocycles. The number of carbonyl (C=O) groups is 1. The molecule has 1 fully saturated rings. The fourth-order valence-corrected chi connectivity index (χ4v) is 4.13. The van der Waals surface area contributed by atoms with Gasteiger partial charge in [-0.05, 0) is 68.6 Å². The lowest BCUT2D eigenvalue weighted by molar-refractivity contribution is 0.139. The molecule has 2 heterocycles. The molecule has 2 N–H and O–H groups in total. The molecule has 164 valence electrons. The van der Waals surface area contributed by atoms with Gasteiger partial charge < -0.3 is 24.7 Å².